The predicted octanol–water partition coefficient (Wildman–Crippen LogP) is 2.61. The van der Waals surface area contributed by atoms with Crippen LogP contribution in [0.15, 0.2) is 12.1 Å². The average Bonchev–Trinajstić information content (AvgIpc) is 3.00. The number of hydrogen-bond acceptors (Lipinski definition) is 3. The van der Waals surface area contributed by atoms with Gasteiger partial charge in [-0.15, -0.1) is 0 Å². The zero-order valence-electron chi connectivity index (χ0n) is 12.1. The lowest BCUT2D eigenvalue weighted by Crippen LogP contribution is -2.36. The minimum absolute atomic E-state index is 0.253. The van der Waals surface area contributed by atoms with Crippen molar-refractivity contribution in [3.8, 4) is 11.5 Å². The molecule has 0 bridgehead atoms. The number of carbonyl (C=O) groups excluding carboxylic acids is 1. The van der Waals surface area contributed by atoms with Crippen LogP contribution in [-0.2, 0) is 17.3 Å². The quantitative estimate of drug-likeness (QED) is 0.804. The monoisotopic (exact) mass is 293 g/mol. The molecule has 2 aliphatic rings. The van der Waals surface area contributed by atoms with Gasteiger partial charge in [-0.2, -0.15) is 0 Å². The second-order valence-electron chi connectivity index (χ2n) is 5.41. The van der Waals surface area contributed by atoms with Crippen LogP contribution in [0.5, 0.6) is 11.5 Å². The van der Waals surface area contributed by atoms with Crippen LogP contribution in [-0.4, -0.2) is 36.8 Å². The molecule has 108 valence electrons. The molecule has 0 spiro atoms. The fourth-order valence-electron chi connectivity index (χ4n) is 3.23. The summed E-state index contributed by atoms with van der Waals surface area (Å²) < 4.78 is 10.7. The molecule has 1 heterocycles. The van der Waals surface area contributed by atoms with Crippen LogP contribution in [0.1, 0.15) is 35.2 Å². The summed E-state index contributed by atoms with van der Waals surface area (Å²) in [6.45, 7) is 0. The summed E-state index contributed by atoms with van der Waals surface area (Å²) in [6, 6.07) is 3.85. The van der Waals surface area contributed by atoms with Gasteiger partial charge in [-0.05, 0) is 47.9 Å². The SMILES string of the molecule is COc1cc2c(cc1OC)C(=O)C([S+]1CCCC1)CC2. The van der Waals surface area contributed by atoms with Gasteiger partial charge in [0.1, 0.15) is 11.5 Å². The second-order valence-corrected chi connectivity index (χ2v) is 7.87. The number of carbonyl (C=O) groups is 1. The van der Waals surface area contributed by atoms with Gasteiger partial charge in [0, 0.05) is 12.0 Å². The van der Waals surface area contributed by atoms with Gasteiger partial charge in [0.25, 0.3) is 0 Å². The highest BCUT2D eigenvalue weighted by Gasteiger charge is 2.42. The third-order valence-corrected chi connectivity index (χ3v) is 7.19. The van der Waals surface area contributed by atoms with Crippen molar-refractivity contribution in [2.75, 3.05) is 25.7 Å². The van der Waals surface area contributed by atoms with Crippen molar-refractivity contribution < 1.29 is 14.3 Å². The summed E-state index contributed by atoms with van der Waals surface area (Å²) in [6.07, 6.45) is 4.58. The van der Waals surface area contributed by atoms with E-state index in [1.165, 1.54) is 24.3 Å². The molecule has 3 nitrogen and oxygen atoms in total. The number of benzene rings is 1. The number of fused-ring (bicyclic) bond motifs is 1. The van der Waals surface area contributed by atoms with Crippen LogP contribution < -0.4 is 9.47 Å². The standard InChI is InChI=1S/C16H21O3S/c1-18-13-9-11-5-6-15(20-7-3-4-8-20)16(17)12(11)10-14(13)19-2/h9-10,15H,3-8H2,1-2H3/q+1. The van der Waals surface area contributed by atoms with Crippen molar-refractivity contribution in [2.45, 2.75) is 30.9 Å². The van der Waals surface area contributed by atoms with Crippen LogP contribution >= 0.6 is 0 Å². The van der Waals surface area contributed by atoms with Crippen LogP contribution in [0.4, 0.5) is 0 Å². The number of rotatable bonds is 3. The topological polar surface area (TPSA) is 35.5 Å². The fraction of sp³-hybridized carbons (Fsp3) is 0.562. The fourth-order valence-corrected chi connectivity index (χ4v) is 6.03. The summed E-state index contributed by atoms with van der Waals surface area (Å²) in [7, 11) is 3.57. The number of ether oxygens (including phenoxy) is 2. The summed E-state index contributed by atoms with van der Waals surface area (Å²) >= 11 is 0. The Balaban J connectivity index is 1.94. The Kier molecular flexibility index (Phi) is 3.92. The average molecular weight is 293 g/mol. The van der Waals surface area contributed by atoms with E-state index in [1.54, 1.807) is 14.2 Å². The first-order chi connectivity index (χ1) is 9.74. The van der Waals surface area contributed by atoms with E-state index in [4.69, 9.17) is 9.47 Å². The van der Waals surface area contributed by atoms with Crippen molar-refractivity contribution in [1.29, 1.82) is 0 Å². The summed E-state index contributed by atoms with van der Waals surface area (Å²) in [4.78, 5) is 12.8. The van der Waals surface area contributed by atoms with E-state index >= 15 is 0 Å². The van der Waals surface area contributed by atoms with Gasteiger partial charge >= 0.3 is 0 Å². The molecule has 1 aliphatic carbocycles. The number of ketones is 1. The molecule has 1 atom stereocenters. The molecule has 0 radical (unpaired) electrons. The van der Waals surface area contributed by atoms with E-state index in [9.17, 15) is 4.79 Å². The van der Waals surface area contributed by atoms with Crippen molar-refractivity contribution >= 4 is 16.7 Å². The van der Waals surface area contributed by atoms with E-state index in [-0.39, 0.29) is 5.25 Å². The van der Waals surface area contributed by atoms with Gasteiger partial charge < -0.3 is 9.47 Å². The molecule has 4 heteroatoms. The van der Waals surface area contributed by atoms with E-state index in [2.05, 4.69) is 0 Å². The summed E-state index contributed by atoms with van der Waals surface area (Å²) in [5, 5.41) is 0.253. The molecule has 0 N–H and O–H groups in total. The first kappa shape index (κ1) is 13.8. The zero-order chi connectivity index (χ0) is 14.1. The van der Waals surface area contributed by atoms with Crippen LogP contribution in [0.2, 0.25) is 0 Å². The minimum Gasteiger partial charge on any atom is -0.493 e. The van der Waals surface area contributed by atoms with Gasteiger partial charge in [-0.3, -0.25) is 4.79 Å². The third kappa shape index (κ3) is 2.30. The molecule has 0 aromatic heterocycles. The van der Waals surface area contributed by atoms with E-state index in [1.807, 2.05) is 12.1 Å². The predicted molar refractivity (Wildman–Crippen MR) is 82.3 cm³/mol. The Labute approximate surface area is 123 Å². The Hall–Kier alpha value is -1.16. The van der Waals surface area contributed by atoms with Crippen LogP contribution in [0.3, 0.4) is 0 Å². The Morgan fingerprint density at radius 3 is 2.40 bits per heavy atom. The van der Waals surface area contributed by atoms with E-state index in [0.29, 0.717) is 22.4 Å². The molecule has 1 unspecified atom stereocenters. The maximum atomic E-state index is 12.8. The lowest BCUT2D eigenvalue weighted by molar-refractivity contribution is 0.0978. The van der Waals surface area contributed by atoms with Crippen molar-refractivity contribution in [1.82, 2.24) is 0 Å². The van der Waals surface area contributed by atoms with E-state index < -0.39 is 0 Å². The molecule has 1 aromatic rings. The first-order valence-electron chi connectivity index (χ1n) is 7.20. The molecule has 20 heavy (non-hydrogen) atoms. The molecular formula is C16H21O3S+. The number of methoxy groups -OCH3 is 2. The van der Waals surface area contributed by atoms with Gasteiger partial charge in [0.15, 0.2) is 16.7 Å². The molecule has 3 rings (SSSR count). The highest BCUT2D eigenvalue weighted by molar-refractivity contribution is 7.98. The Bertz CT molecular complexity index is 521. The highest BCUT2D eigenvalue weighted by Crippen LogP contribution is 2.36. The maximum absolute atomic E-state index is 12.8. The lowest BCUT2D eigenvalue weighted by atomic mass is 9.90. The minimum atomic E-state index is 0.253. The zero-order valence-corrected chi connectivity index (χ0v) is 12.9. The molecule has 1 aliphatic heterocycles. The van der Waals surface area contributed by atoms with Gasteiger partial charge in [0.2, 0.25) is 5.78 Å². The Morgan fingerprint density at radius 2 is 1.75 bits per heavy atom. The van der Waals surface area contributed by atoms with Crippen LogP contribution in [0, 0.1) is 0 Å². The summed E-state index contributed by atoms with van der Waals surface area (Å²) in [5.74, 6) is 4.21. The summed E-state index contributed by atoms with van der Waals surface area (Å²) in [5.41, 5.74) is 1.98. The van der Waals surface area contributed by atoms with Gasteiger partial charge in [0.05, 0.1) is 14.2 Å². The normalized spacial score (nSPS) is 22.7. The van der Waals surface area contributed by atoms with Gasteiger partial charge in [-0.1, -0.05) is 0 Å². The third-order valence-electron chi connectivity index (χ3n) is 4.31. The largest absolute Gasteiger partial charge is 0.493 e. The first-order valence-corrected chi connectivity index (χ1v) is 8.82. The van der Waals surface area contributed by atoms with Crippen molar-refractivity contribution in [3.63, 3.8) is 0 Å². The molecule has 1 fully saturated rings. The number of hydrogen-bond donors (Lipinski definition) is 0. The Morgan fingerprint density at radius 1 is 1.10 bits per heavy atom. The van der Waals surface area contributed by atoms with Gasteiger partial charge in [-0.25, -0.2) is 0 Å². The smallest absolute Gasteiger partial charge is 0.215 e. The number of Topliss-reactive ketones (excluding diaryl/α,β-unsaturated/α-hetero) is 1. The van der Waals surface area contributed by atoms with Crippen LogP contribution in [0.25, 0.3) is 0 Å². The maximum Gasteiger partial charge on any atom is 0.215 e. The lowest BCUT2D eigenvalue weighted by Gasteiger charge is -2.23. The molecular weight excluding hydrogens is 272 g/mol. The van der Waals surface area contributed by atoms with Crippen molar-refractivity contribution in [3.05, 3.63) is 23.3 Å². The number of aryl methyl sites for hydroxylation is 1. The molecule has 1 aromatic carbocycles. The highest BCUT2D eigenvalue weighted by atomic mass is 32.2. The van der Waals surface area contributed by atoms with E-state index in [0.717, 1.165) is 29.7 Å². The molecule has 0 saturated carbocycles. The molecule has 1 saturated heterocycles. The molecule has 0 amide bonds. The van der Waals surface area contributed by atoms with Crippen molar-refractivity contribution in [2.24, 2.45) is 0 Å². The second kappa shape index (κ2) is 5.68.